The molecule has 1 atom stereocenters. The van der Waals surface area contributed by atoms with Crippen LogP contribution < -0.4 is 10.0 Å². The number of carbonyl (C=O) groups is 2. The predicted molar refractivity (Wildman–Crippen MR) is 142 cm³/mol. The first-order valence-electron chi connectivity index (χ1n) is 12.3. The van der Waals surface area contributed by atoms with Crippen LogP contribution in [0, 0.1) is 11.1 Å². The van der Waals surface area contributed by atoms with Crippen molar-refractivity contribution in [2.24, 2.45) is 5.92 Å². The van der Waals surface area contributed by atoms with Gasteiger partial charge in [-0.15, -0.1) is 5.10 Å². The lowest BCUT2D eigenvalue weighted by Gasteiger charge is -2.17. The standard InChI is InChI=1S/C28H26ClN5O4/c1-17(36)19-4-8-22(9-5-19)30-28(37)25(12-18-2-3-18)27-10-6-20(14-34(27)38)24-13-21(29)7-11-26(24)33-15-23(16-35)31-32-33/h4-11,13-15,18,25,35H,2-3,12,16H2,1H3,(H,30,37). The van der Waals surface area contributed by atoms with Crippen LogP contribution in [0.2, 0.25) is 5.02 Å². The van der Waals surface area contributed by atoms with Crippen molar-refractivity contribution in [1.82, 2.24) is 15.0 Å². The van der Waals surface area contributed by atoms with Gasteiger partial charge < -0.3 is 15.6 Å². The second-order valence-electron chi connectivity index (χ2n) is 9.50. The van der Waals surface area contributed by atoms with Crippen LogP contribution in [0.1, 0.15) is 53.8 Å². The number of anilines is 1. The van der Waals surface area contributed by atoms with E-state index in [1.165, 1.54) is 17.8 Å². The van der Waals surface area contributed by atoms with Crippen molar-refractivity contribution >= 4 is 29.0 Å². The summed E-state index contributed by atoms with van der Waals surface area (Å²) in [5.41, 5.74) is 3.76. The third-order valence-corrected chi connectivity index (χ3v) is 6.90. The average Bonchev–Trinajstić information content (AvgIpc) is 3.61. The second kappa shape index (κ2) is 10.7. The first-order chi connectivity index (χ1) is 18.3. The number of halogens is 1. The third-order valence-electron chi connectivity index (χ3n) is 6.66. The van der Waals surface area contributed by atoms with E-state index in [-0.39, 0.29) is 18.3 Å². The zero-order valence-electron chi connectivity index (χ0n) is 20.7. The first kappa shape index (κ1) is 25.6. The van der Waals surface area contributed by atoms with E-state index in [1.54, 1.807) is 60.8 Å². The van der Waals surface area contributed by atoms with Crippen molar-refractivity contribution in [2.45, 2.75) is 38.7 Å². The summed E-state index contributed by atoms with van der Waals surface area (Å²) < 4.78 is 2.26. The van der Waals surface area contributed by atoms with Gasteiger partial charge in [-0.3, -0.25) is 9.59 Å². The van der Waals surface area contributed by atoms with Crippen LogP contribution in [0.3, 0.4) is 0 Å². The van der Waals surface area contributed by atoms with Crippen LogP contribution in [0.5, 0.6) is 0 Å². The summed E-state index contributed by atoms with van der Waals surface area (Å²) in [6.45, 7) is 1.24. The molecule has 0 bridgehead atoms. The molecule has 2 aromatic heterocycles. The number of pyridine rings is 1. The molecule has 5 rings (SSSR count). The van der Waals surface area contributed by atoms with E-state index in [9.17, 15) is 19.9 Å². The maximum atomic E-state index is 13.3. The summed E-state index contributed by atoms with van der Waals surface area (Å²) in [4.78, 5) is 24.9. The molecule has 1 unspecified atom stereocenters. The molecule has 9 nitrogen and oxygen atoms in total. The molecule has 4 aromatic rings. The largest absolute Gasteiger partial charge is 0.618 e. The Kier molecular flexibility index (Phi) is 7.22. The highest BCUT2D eigenvalue weighted by Gasteiger charge is 2.35. The van der Waals surface area contributed by atoms with E-state index in [1.807, 2.05) is 0 Å². The normalized spacial score (nSPS) is 13.8. The molecule has 10 heteroatoms. The van der Waals surface area contributed by atoms with Crippen LogP contribution in [0.25, 0.3) is 16.8 Å². The number of hydrogen-bond acceptors (Lipinski definition) is 6. The Balaban J connectivity index is 1.45. The number of aliphatic hydroxyl groups excluding tert-OH is 1. The number of rotatable bonds is 9. The van der Waals surface area contributed by atoms with E-state index >= 15 is 0 Å². The van der Waals surface area contributed by atoms with Crippen LogP contribution in [-0.2, 0) is 11.4 Å². The van der Waals surface area contributed by atoms with Gasteiger partial charge in [0.1, 0.15) is 11.6 Å². The average molecular weight is 532 g/mol. The molecule has 2 aromatic carbocycles. The summed E-state index contributed by atoms with van der Waals surface area (Å²) in [6, 6.07) is 15.4. The lowest BCUT2D eigenvalue weighted by molar-refractivity contribution is -0.614. The molecular weight excluding hydrogens is 506 g/mol. The van der Waals surface area contributed by atoms with Crippen molar-refractivity contribution < 1.29 is 19.4 Å². The predicted octanol–water partition coefficient (Wildman–Crippen LogP) is 4.44. The van der Waals surface area contributed by atoms with Gasteiger partial charge in [0.15, 0.2) is 12.0 Å². The van der Waals surface area contributed by atoms with Crippen LogP contribution >= 0.6 is 11.6 Å². The third kappa shape index (κ3) is 5.58. The molecule has 0 radical (unpaired) electrons. The summed E-state index contributed by atoms with van der Waals surface area (Å²) >= 11 is 6.28. The fraction of sp³-hybridized carbons (Fsp3) is 0.250. The van der Waals surface area contributed by atoms with Gasteiger partial charge in [-0.1, -0.05) is 29.7 Å². The lowest BCUT2D eigenvalue weighted by Crippen LogP contribution is -2.37. The molecule has 1 aliphatic carbocycles. The Hall–Kier alpha value is -4.08. The fourth-order valence-electron chi connectivity index (χ4n) is 4.42. The monoisotopic (exact) mass is 531 g/mol. The van der Waals surface area contributed by atoms with Gasteiger partial charge in [0, 0.05) is 33.5 Å². The molecule has 1 saturated carbocycles. The highest BCUT2D eigenvalue weighted by molar-refractivity contribution is 6.31. The van der Waals surface area contributed by atoms with Crippen molar-refractivity contribution in [3.05, 3.63) is 94.2 Å². The minimum atomic E-state index is -0.636. The Morgan fingerprint density at radius 1 is 1.18 bits per heavy atom. The van der Waals surface area contributed by atoms with Crippen LogP contribution in [0.4, 0.5) is 5.69 Å². The van der Waals surface area contributed by atoms with Crippen molar-refractivity contribution in [1.29, 1.82) is 0 Å². The van der Waals surface area contributed by atoms with Crippen molar-refractivity contribution in [3.8, 4) is 16.8 Å². The molecule has 2 heterocycles. The van der Waals surface area contributed by atoms with Gasteiger partial charge in [-0.2, -0.15) is 4.73 Å². The molecule has 2 N–H and O–H groups in total. The van der Waals surface area contributed by atoms with E-state index < -0.39 is 5.92 Å². The topological polar surface area (TPSA) is 124 Å². The minimum Gasteiger partial charge on any atom is -0.618 e. The van der Waals surface area contributed by atoms with E-state index in [2.05, 4.69) is 15.6 Å². The molecule has 1 amide bonds. The molecule has 1 aliphatic rings. The number of ketones is 1. The Labute approximate surface area is 224 Å². The zero-order valence-corrected chi connectivity index (χ0v) is 21.4. The Bertz CT molecular complexity index is 1500. The molecule has 0 spiro atoms. The summed E-state index contributed by atoms with van der Waals surface area (Å²) in [5, 5.41) is 34.0. The van der Waals surface area contributed by atoms with Gasteiger partial charge in [0.05, 0.1) is 18.5 Å². The SMILES string of the molecule is CC(=O)c1ccc(NC(=O)C(CC2CC2)c2ccc(-c3cc(Cl)ccc3-n3cc(CO)nn3)c[n+]2[O-])cc1. The van der Waals surface area contributed by atoms with Crippen molar-refractivity contribution in [3.63, 3.8) is 0 Å². The van der Waals surface area contributed by atoms with E-state index in [0.29, 0.717) is 56.8 Å². The van der Waals surface area contributed by atoms with Gasteiger partial charge in [0.2, 0.25) is 11.6 Å². The van der Waals surface area contributed by atoms with Gasteiger partial charge in [0.25, 0.3) is 0 Å². The number of aliphatic hydroxyl groups is 1. The van der Waals surface area contributed by atoms with Crippen molar-refractivity contribution in [2.75, 3.05) is 5.32 Å². The van der Waals surface area contributed by atoms with Crippen LogP contribution in [-0.4, -0.2) is 31.8 Å². The number of aromatic nitrogens is 4. The number of nitrogens with zero attached hydrogens (tertiary/aromatic N) is 4. The Morgan fingerprint density at radius 2 is 1.95 bits per heavy atom. The van der Waals surface area contributed by atoms with Crippen LogP contribution in [0.15, 0.2) is 67.0 Å². The van der Waals surface area contributed by atoms with E-state index in [0.717, 1.165) is 17.6 Å². The zero-order chi connectivity index (χ0) is 26.8. The number of carbonyl (C=O) groups excluding carboxylic acids is 2. The maximum absolute atomic E-state index is 13.3. The molecular formula is C28H26ClN5O4. The quantitative estimate of drug-likeness (QED) is 0.187. The molecule has 38 heavy (non-hydrogen) atoms. The van der Waals surface area contributed by atoms with Gasteiger partial charge in [-0.25, -0.2) is 4.68 Å². The number of amides is 1. The summed E-state index contributed by atoms with van der Waals surface area (Å²) in [6.07, 6.45) is 5.68. The van der Waals surface area contributed by atoms with E-state index in [4.69, 9.17) is 11.6 Å². The summed E-state index contributed by atoms with van der Waals surface area (Å²) in [7, 11) is 0. The number of Topliss-reactive ketones (excluding diaryl/α,β-unsaturated/α-hetero) is 1. The van der Waals surface area contributed by atoms with Gasteiger partial charge >= 0.3 is 0 Å². The minimum absolute atomic E-state index is 0.0532. The molecule has 0 aliphatic heterocycles. The number of hydrogen-bond donors (Lipinski definition) is 2. The first-order valence-corrected chi connectivity index (χ1v) is 12.7. The molecule has 194 valence electrons. The van der Waals surface area contributed by atoms with Gasteiger partial charge in [-0.05, 0) is 67.8 Å². The maximum Gasteiger partial charge on any atom is 0.238 e. The highest BCUT2D eigenvalue weighted by atomic mass is 35.5. The second-order valence-corrected chi connectivity index (χ2v) is 9.93. The Morgan fingerprint density at radius 3 is 2.58 bits per heavy atom. The number of nitrogens with one attached hydrogen (secondary N) is 1. The summed E-state index contributed by atoms with van der Waals surface area (Å²) in [5.74, 6) is -0.559. The fourth-order valence-corrected chi connectivity index (χ4v) is 4.59. The molecule has 1 fully saturated rings. The molecule has 0 saturated heterocycles. The number of benzene rings is 2. The lowest BCUT2D eigenvalue weighted by atomic mass is 9.95. The highest BCUT2D eigenvalue weighted by Crippen LogP contribution is 2.39. The smallest absolute Gasteiger partial charge is 0.238 e.